The predicted molar refractivity (Wildman–Crippen MR) is 92.9 cm³/mol. The van der Waals surface area contributed by atoms with E-state index in [0.29, 0.717) is 11.4 Å². The van der Waals surface area contributed by atoms with Gasteiger partial charge in [0.2, 0.25) is 0 Å². The Labute approximate surface area is 142 Å². The second-order valence-corrected chi connectivity index (χ2v) is 6.19. The van der Waals surface area contributed by atoms with E-state index in [1.54, 1.807) is 29.6 Å². The summed E-state index contributed by atoms with van der Waals surface area (Å²) < 4.78 is 0.958. The number of benzene rings is 1. The van der Waals surface area contributed by atoms with Crippen molar-refractivity contribution in [2.75, 3.05) is 5.32 Å². The summed E-state index contributed by atoms with van der Waals surface area (Å²) in [5.74, 6) is -2.28. The SMILES string of the molecule is Cc1ccc2c(C(=O)C(C#N)C(=O)Nc3ccccn3)csc2c1. The Morgan fingerprint density at radius 2 is 2.12 bits per heavy atom. The monoisotopic (exact) mass is 335 g/mol. The molecule has 24 heavy (non-hydrogen) atoms. The van der Waals surface area contributed by atoms with Crippen LogP contribution in [0.5, 0.6) is 0 Å². The zero-order chi connectivity index (χ0) is 17.1. The van der Waals surface area contributed by atoms with E-state index in [0.717, 1.165) is 15.6 Å². The van der Waals surface area contributed by atoms with Crippen LogP contribution in [-0.4, -0.2) is 16.7 Å². The molecule has 118 valence electrons. The molecule has 0 spiro atoms. The van der Waals surface area contributed by atoms with E-state index in [1.165, 1.54) is 17.5 Å². The van der Waals surface area contributed by atoms with Gasteiger partial charge in [0.1, 0.15) is 5.82 Å². The number of nitrogens with one attached hydrogen (secondary N) is 1. The van der Waals surface area contributed by atoms with Crippen LogP contribution in [-0.2, 0) is 4.79 Å². The van der Waals surface area contributed by atoms with Crippen LogP contribution < -0.4 is 5.32 Å². The molecule has 1 atom stereocenters. The van der Waals surface area contributed by atoms with E-state index in [4.69, 9.17) is 0 Å². The maximum absolute atomic E-state index is 12.7. The maximum Gasteiger partial charge on any atom is 0.250 e. The molecule has 0 saturated carbocycles. The average Bonchev–Trinajstić information content (AvgIpc) is 2.99. The van der Waals surface area contributed by atoms with Gasteiger partial charge in [0.25, 0.3) is 5.91 Å². The van der Waals surface area contributed by atoms with Crippen LogP contribution in [0.2, 0.25) is 0 Å². The van der Waals surface area contributed by atoms with Gasteiger partial charge in [-0.25, -0.2) is 4.98 Å². The van der Waals surface area contributed by atoms with E-state index < -0.39 is 17.6 Å². The van der Waals surface area contributed by atoms with Crippen molar-refractivity contribution < 1.29 is 9.59 Å². The first kappa shape index (κ1) is 15.8. The van der Waals surface area contributed by atoms with Gasteiger partial charge in [-0.05, 0) is 30.7 Å². The van der Waals surface area contributed by atoms with Crippen molar-refractivity contribution in [3.63, 3.8) is 0 Å². The molecule has 0 saturated heterocycles. The zero-order valence-corrected chi connectivity index (χ0v) is 13.6. The summed E-state index contributed by atoms with van der Waals surface area (Å²) in [6.45, 7) is 1.97. The quantitative estimate of drug-likeness (QED) is 0.583. The van der Waals surface area contributed by atoms with Crippen LogP contribution in [0.25, 0.3) is 10.1 Å². The third kappa shape index (κ3) is 3.03. The molecular formula is C18H13N3O2S. The predicted octanol–water partition coefficient (Wildman–Crippen LogP) is 3.57. The van der Waals surface area contributed by atoms with Crippen molar-refractivity contribution in [2.45, 2.75) is 6.92 Å². The second-order valence-electron chi connectivity index (χ2n) is 5.28. The fourth-order valence-electron chi connectivity index (χ4n) is 2.35. The molecule has 0 bridgehead atoms. The first-order chi connectivity index (χ1) is 11.6. The van der Waals surface area contributed by atoms with Crippen molar-refractivity contribution in [3.8, 4) is 6.07 Å². The molecule has 1 unspecified atom stereocenters. The van der Waals surface area contributed by atoms with Gasteiger partial charge >= 0.3 is 0 Å². The molecule has 1 aromatic carbocycles. The third-order valence-corrected chi connectivity index (χ3v) is 4.51. The fraction of sp³-hybridized carbons (Fsp3) is 0.111. The molecular weight excluding hydrogens is 322 g/mol. The first-order valence-electron chi connectivity index (χ1n) is 7.23. The molecule has 5 nitrogen and oxygen atoms in total. The summed E-state index contributed by atoms with van der Waals surface area (Å²) in [4.78, 5) is 28.9. The second kappa shape index (κ2) is 6.60. The molecule has 6 heteroatoms. The van der Waals surface area contributed by atoms with Gasteiger partial charge in [-0.15, -0.1) is 11.3 Å². The van der Waals surface area contributed by atoms with Crippen molar-refractivity contribution in [2.24, 2.45) is 5.92 Å². The first-order valence-corrected chi connectivity index (χ1v) is 8.11. The van der Waals surface area contributed by atoms with Crippen LogP contribution >= 0.6 is 11.3 Å². The highest BCUT2D eigenvalue weighted by Crippen LogP contribution is 2.29. The number of pyridine rings is 1. The van der Waals surface area contributed by atoms with Gasteiger partial charge in [0, 0.05) is 27.2 Å². The number of carbonyl (C=O) groups is 2. The van der Waals surface area contributed by atoms with Crippen molar-refractivity contribution in [3.05, 3.63) is 59.1 Å². The largest absolute Gasteiger partial charge is 0.309 e. The molecule has 3 rings (SSSR count). The zero-order valence-electron chi connectivity index (χ0n) is 12.8. The van der Waals surface area contributed by atoms with E-state index in [-0.39, 0.29) is 0 Å². The minimum atomic E-state index is -1.41. The van der Waals surface area contributed by atoms with Crippen molar-refractivity contribution >= 4 is 38.9 Å². The number of rotatable bonds is 4. The smallest absolute Gasteiger partial charge is 0.250 e. The van der Waals surface area contributed by atoms with Gasteiger partial charge in [-0.3, -0.25) is 9.59 Å². The lowest BCUT2D eigenvalue weighted by molar-refractivity contribution is -0.117. The number of anilines is 1. The van der Waals surface area contributed by atoms with E-state index >= 15 is 0 Å². The standard InChI is InChI=1S/C18H13N3O2S/c1-11-5-6-12-14(10-24-15(12)8-11)17(22)13(9-19)18(23)21-16-4-2-3-7-20-16/h2-8,10,13H,1H3,(H,20,21,23). The lowest BCUT2D eigenvalue weighted by atomic mass is 9.97. The summed E-state index contributed by atoms with van der Waals surface area (Å²) in [5, 5.41) is 14.3. The number of amides is 1. The molecule has 1 amide bonds. The summed E-state index contributed by atoms with van der Waals surface area (Å²) >= 11 is 1.43. The van der Waals surface area contributed by atoms with E-state index in [2.05, 4.69) is 10.3 Å². The number of carbonyl (C=O) groups excluding carboxylic acids is 2. The number of thiophene rings is 1. The third-order valence-electron chi connectivity index (χ3n) is 3.57. The summed E-state index contributed by atoms with van der Waals surface area (Å²) in [6, 6.07) is 12.5. The Morgan fingerprint density at radius 1 is 1.29 bits per heavy atom. The number of aromatic nitrogens is 1. The molecule has 2 aromatic heterocycles. The number of fused-ring (bicyclic) bond motifs is 1. The number of hydrogen-bond acceptors (Lipinski definition) is 5. The number of aryl methyl sites for hydroxylation is 1. The lowest BCUT2D eigenvalue weighted by Gasteiger charge is -2.08. The van der Waals surface area contributed by atoms with Crippen LogP contribution in [0.1, 0.15) is 15.9 Å². The molecule has 0 fully saturated rings. The summed E-state index contributed by atoms with van der Waals surface area (Å²) in [6.07, 6.45) is 1.52. The van der Waals surface area contributed by atoms with Gasteiger partial charge in [-0.2, -0.15) is 5.26 Å². The number of nitrogens with zero attached hydrogens (tertiary/aromatic N) is 2. The topological polar surface area (TPSA) is 82.8 Å². The number of Topliss-reactive ketones (excluding diaryl/α,β-unsaturated/α-hetero) is 1. The Kier molecular flexibility index (Phi) is 4.36. The van der Waals surface area contributed by atoms with Crippen molar-refractivity contribution in [1.29, 1.82) is 5.26 Å². The normalized spacial score (nSPS) is 11.7. The minimum Gasteiger partial charge on any atom is -0.309 e. The molecule has 2 heterocycles. The Morgan fingerprint density at radius 3 is 2.83 bits per heavy atom. The highest BCUT2D eigenvalue weighted by Gasteiger charge is 2.29. The average molecular weight is 335 g/mol. The minimum absolute atomic E-state index is 0.307. The van der Waals surface area contributed by atoms with Gasteiger partial charge in [0.15, 0.2) is 11.7 Å². The van der Waals surface area contributed by atoms with Crippen LogP contribution in [0.3, 0.4) is 0 Å². The Bertz CT molecular complexity index is 957. The Hall–Kier alpha value is -3.04. The van der Waals surface area contributed by atoms with Crippen LogP contribution in [0, 0.1) is 24.2 Å². The molecule has 1 N–H and O–H groups in total. The van der Waals surface area contributed by atoms with E-state index in [1.807, 2.05) is 25.1 Å². The lowest BCUT2D eigenvalue weighted by Crippen LogP contribution is -2.28. The Balaban J connectivity index is 1.88. The molecule has 0 aliphatic rings. The number of nitriles is 1. The highest BCUT2D eigenvalue weighted by atomic mass is 32.1. The maximum atomic E-state index is 12.7. The molecule has 0 aliphatic carbocycles. The van der Waals surface area contributed by atoms with Crippen LogP contribution in [0.15, 0.2) is 48.0 Å². The van der Waals surface area contributed by atoms with Gasteiger partial charge < -0.3 is 5.32 Å². The molecule has 0 radical (unpaired) electrons. The molecule has 0 aliphatic heterocycles. The summed E-state index contributed by atoms with van der Waals surface area (Å²) in [5.41, 5.74) is 1.49. The molecule has 3 aromatic rings. The van der Waals surface area contributed by atoms with Gasteiger partial charge in [0.05, 0.1) is 6.07 Å². The van der Waals surface area contributed by atoms with E-state index in [9.17, 15) is 14.9 Å². The summed E-state index contributed by atoms with van der Waals surface area (Å²) in [7, 11) is 0. The van der Waals surface area contributed by atoms with Crippen molar-refractivity contribution in [1.82, 2.24) is 4.98 Å². The van der Waals surface area contributed by atoms with Crippen LogP contribution in [0.4, 0.5) is 5.82 Å². The number of ketones is 1. The van der Waals surface area contributed by atoms with Gasteiger partial charge in [-0.1, -0.05) is 18.2 Å². The number of hydrogen-bond donors (Lipinski definition) is 1. The fourth-order valence-corrected chi connectivity index (χ4v) is 3.40. The highest BCUT2D eigenvalue weighted by molar-refractivity contribution is 7.17.